The molecular weight excluding hydrogens is 302 g/mol. The van der Waals surface area contributed by atoms with E-state index in [4.69, 9.17) is 23.2 Å². The van der Waals surface area contributed by atoms with Crippen LogP contribution in [0, 0.1) is 5.82 Å². The van der Waals surface area contributed by atoms with Crippen LogP contribution in [-0.4, -0.2) is 21.5 Å². The van der Waals surface area contributed by atoms with Crippen molar-refractivity contribution in [1.82, 2.24) is 20.3 Å². The van der Waals surface area contributed by atoms with Crippen molar-refractivity contribution >= 4 is 23.2 Å². The van der Waals surface area contributed by atoms with Gasteiger partial charge in [-0.15, -0.1) is 5.10 Å². The van der Waals surface area contributed by atoms with Crippen LogP contribution in [0.1, 0.15) is 24.9 Å². The van der Waals surface area contributed by atoms with Crippen LogP contribution in [0.15, 0.2) is 24.5 Å². The summed E-state index contributed by atoms with van der Waals surface area (Å²) in [6, 6.07) is 2.67. The summed E-state index contributed by atoms with van der Waals surface area (Å²) in [5.41, 5.74) is 0.592. The van der Waals surface area contributed by atoms with Gasteiger partial charge < -0.3 is 5.32 Å². The monoisotopic (exact) mass is 316 g/mol. The van der Waals surface area contributed by atoms with Gasteiger partial charge in [-0.2, -0.15) is 0 Å². The molecule has 0 amide bonds. The minimum atomic E-state index is -0.456. The van der Waals surface area contributed by atoms with Gasteiger partial charge in [0.05, 0.1) is 11.2 Å². The normalized spacial score (nSPS) is 12.6. The molecule has 1 heterocycles. The first kappa shape index (κ1) is 15.2. The van der Waals surface area contributed by atoms with Crippen molar-refractivity contribution in [3.63, 3.8) is 0 Å². The average molecular weight is 317 g/mol. The number of nitrogens with one attached hydrogen (secondary N) is 1. The molecule has 7 heteroatoms. The Morgan fingerprint density at radius 3 is 2.90 bits per heavy atom. The molecule has 1 atom stereocenters. The van der Waals surface area contributed by atoms with Gasteiger partial charge in [0.15, 0.2) is 0 Å². The maximum Gasteiger partial charge on any atom is 0.142 e. The van der Waals surface area contributed by atoms with Crippen molar-refractivity contribution in [3.05, 3.63) is 46.0 Å². The van der Waals surface area contributed by atoms with Gasteiger partial charge in [-0.1, -0.05) is 28.4 Å². The SMILES string of the molecule is CC(NCCCn1ccnn1)c1c(Cl)ccc(F)c1Cl. The van der Waals surface area contributed by atoms with Crippen LogP contribution in [0.25, 0.3) is 0 Å². The van der Waals surface area contributed by atoms with Gasteiger partial charge in [0, 0.05) is 29.4 Å². The van der Waals surface area contributed by atoms with E-state index < -0.39 is 5.82 Å². The summed E-state index contributed by atoms with van der Waals surface area (Å²) < 4.78 is 15.2. The van der Waals surface area contributed by atoms with Gasteiger partial charge >= 0.3 is 0 Å². The Labute approximate surface area is 126 Å². The summed E-state index contributed by atoms with van der Waals surface area (Å²) >= 11 is 12.0. The molecule has 0 spiro atoms. The summed E-state index contributed by atoms with van der Waals surface area (Å²) in [5, 5.41) is 11.4. The zero-order chi connectivity index (χ0) is 14.5. The van der Waals surface area contributed by atoms with Crippen molar-refractivity contribution in [3.8, 4) is 0 Å². The van der Waals surface area contributed by atoms with E-state index in [0.717, 1.165) is 19.5 Å². The maximum absolute atomic E-state index is 13.5. The summed E-state index contributed by atoms with van der Waals surface area (Å²) in [4.78, 5) is 0. The fourth-order valence-corrected chi connectivity index (χ4v) is 2.65. The first-order valence-electron chi connectivity index (χ1n) is 6.30. The lowest BCUT2D eigenvalue weighted by atomic mass is 10.1. The fourth-order valence-electron chi connectivity index (χ4n) is 1.95. The quantitative estimate of drug-likeness (QED) is 0.655. The summed E-state index contributed by atoms with van der Waals surface area (Å²) in [5.74, 6) is -0.456. The number of aromatic nitrogens is 3. The summed E-state index contributed by atoms with van der Waals surface area (Å²) in [6.45, 7) is 3.41. The molecule has 0 fully saturated rings. The van der Waals surface area contributed by atoms with Crippen molar-refractivity contribution in [2.75, 3.05) is 6.54 Å². The first-order valence-corrected chi connectivity index (χ1v) is 7.06. The van der Waals surface area contributed by atoms with Crippen LogP contribution < -0.4 is 5.32 Å². The highest BCUT2D eigenvalue weighted by Gasteiger charge is 2.16. The maximum atomic E-state index is 13.5. The second kappa shape index (κ2) is 7.02. The van der Waals surface area contributed by atoms with Gasteiger partial charge in [0.2, 0.25) is 0 Å². The number of halogens is 3. The van der Waals surface area contributed by atoms with E-state index in [9.17, 15) is 4.39 Å². The first-order chi connectivity index (χ1) is 9.59. The summed E-state index contributed by atoms with van der Waals surface area (Å²) in [6.07, 6.45) is 4.32. The second-order valence-electron chi connectivity index (χ2n) is 4.45. The van der Waals surface area contributed by atoms with Gasteiger partial charge in [0.25, 0.3) is 0 Å². The molecule has 0 aliphatic heterocycles. The molecule has 0 aliphatic rings. The lowest BCUT2D eigenvalue weighted by molar-refractivity contribution is 0.498. The van der Waals surface area contributed by atoms with Crippen molar-refractivity contribution in [1.29, 1.82) is 0 Å². The van der Waals surface area contributed by atoms with Gasteiger partial charge in [-0.25, -0.2) is 4.39 Å². The van der Waals surface area contributed by atoms with Gasteiger partial charge in [-0.05, 0) is 32.0 Å². The molecule has 0 bridgehead atoms. The molecule has 108 valence electrons. The van der Waals surface area contributed by atoms with Crippen LogP contribution in [0.4, 0.5) is 4.39 Å². The van der Waals surface area contributed by atoms with E-state index in [1.54, 1.807) is 10.9 Å². The lowest BCUT2D eigenvalue weighted by Crippen LogP contribution is -2.22. The van der Waals surface area contributed by atoms with E-state index in [1.807, 2.05) is 13.1 Å². The highest BCUT2D eigenvalue weighted by atomic mass is 35.5. The van der Waals surface area contributed by atoms with Gasteiger partial charge in [0.1, 0.15) is 5.82 Å². The molecule has 1 aromatic heterocycles. The number of hydrogen-bond acceptors (Lipinski definition) is 3. The molecule has 0 aliphatic carbocycles. The number of benzene rings is 1. The average Bonchev–Trinajstić information content (AvgIpc) is 2.93. The predicted octanol–water partition coefficient (Wildman–Crippen LogP) is 3.46. The standard InChI is InChI=1S/C13H15Cl2FN4/c1-9(12-10(14)3-4-11(16)13(12)15)17-5-2-7-20-8-6-18-19-20/h3-4,6,8-9,17H,2,5,7H2,1H3. The van der Waals surface area contributed by atoms with Crippen molar-refractivity contribution in [2.45, 2.75) is 25.9 Å². The molecule has 1 N–H and O–H groups in total. The van der Waals surface area contributed by atoms with E-state index in [1.165, 1.54) is 12.1 Å². The Bertz CT molecular complexity index is 560. The van der Waals surface area contributed by atoms with Crippen LogP contribution in [0.3, 0.4) is 0 Å². The van der Waals surface area contributed by atoms with E-state index in [-0.39, 0.29) is 11.1 Å². The molecule has 0 saturated carbocycles. The molecular formula is C13H15Cl2FN4. The molecule has 4 nitrogen and oxygen atoms in total. The molecule has 0 saturated heterocycles. The lowest BCUT2D eigenvalue weighted by Gasteiger charge is -2.17. The molecule has 1 unspecified atom stereocenters. The highest BCUT2D eigenvalue weighted by Crippen LogP contribution is 2.32. The van der Waals surface area contributed by atoms with Crippen LogP contribution in [-0.2, 0) is 6.54 Å². The number of nitrogens with zero attached hydrogens (tertiary/aromatic N) is 3. The van der Waals surface area contributed by atoms with Crippen LogP contribution >= 0.6 is 23.2 Å². The van der Waals surface area contributed by atoms with E-state index in [2.05, 4.69) is 15.6 Å². The summed E-state index contributed by atoms with van der Waals surface area (Å²) in [7, 11) is 0. The third-order valence-electron chi connectivity index (χ3n) is 3.00. The molecule has 1 aromatic carbocycles. The highest BCUT2D eigenvalue weighted by molar-refractivity contribution is 6.36. The fraction of sp³-hybridized carbons (Fsp3) is 0.385. The molecule has 2 aromatic rings. The van der Waals surface area contributed by atoms with Crippen molar-refractivity contribution < 1.29 is 4.39 Å². The Balaban J connectivity index is 1.89. The third-order valence-corrected chi connectivity index (χ3v) is 3.71. The van der Waals surface area contributed by atoms with Crippen molar-refractivity contribution in [2.24, 2.45) is 0 Å². The number of aryl methyl sites for hydroxylation is 1. The smallest absolute Gasteiger partial charge is 0.142 e. The second-order valence-corrected chi connectivity index (χ2v) is 5.24. The topological polar surface area (TPSA) is 42.7 Å². The predicted molar refractivity (Wildman–Crippen MR) is 77.5 cm³/mol. The number of rotatable bonds is 6. The molecule has 0 radical (unpaired) electrons. The van der Waals surface area contributed by atoms with Gasteiger partial charge in [-0.3, -0.25) is 4.68 Å². The molecule has 2 rings (SSSR count). The van der Waals surface area contributed by atoms with Crippen LogP contribution in [0.5, 0.6) is 0 Å². The Kier molecular flexibility index (Phi) is 5.34. The third kappa shape index (κ3) is 3.69. The Morgan fingerprint density at radius 1 is 1.40 bits per heavy atom. The Morgan fingerprint density at radius 2 is 2.20 bits per heavy atom. The minimum absolute atomic E-state index is 0.0776. The molecule has 20 heavy (non-hydrogen) atoms. The zero-order valence-electron chi connectivity index (χ0n) is 11.0. The number of hydrogen-bond donors (Lipinski definition) is 1. The minimum Gasteiger partial charge on any atom is -0.310 e. The van der Waals surface area contributed by atoms with E-state index >= 15 is 0 Å². The van der Waals surface area contributed by atoms with E-state index in [0.29, 0.717) is 10.6 Å². The largest absolute Gasteiger partial charge is 0.310 e. The zero-order valence-corrected chi connectivity index (χ0v) is 12.5. The Hall–Kier alpha value is -1.17. The van der Waals surface area contributed by atoms with Crippen LogP contribution in [0.2, 0.25) is 10.0 Å².